The van der Waals surface area contributed by atoms with Crippen LogP contribution in [-0.2, 0) is 22.7 Å². The van der Waals surface area contributed by atoms with E-state index in [1.807, 2.05) is 13.8 Å². The molecule has 0 radical (unpaired) electrons. The van der Waals surface area contributed by atoms with Crippen molar-refractivity contribution in [2.75, 3.05) is 0 Å². The maximum absolute atomic E-state index is 12.1. The topological polar surface area (TPSA) is 38.3 Å². The van der Waals surface area contributed by atoms with Gasteiger partial charge in [0.15, 0.2) is 0 Å². The molecular formula is C18H25NO2. The van der Waals surface area contributed by atoms with E-state index in [9.17, 15) is 4.79 Å². The Morgan fingerprint density at radius 3 is 2.57 bits per heavy atom. The number of allylic oxidation sites excluding steroid dienone is 2. The molecule has 1 aromatic carbocycles. The molecule has 1 aromatic rings. The molecule has 21 heavy (non-hydrogen) atoms. The standard InChI is InChI=1S/C18H25NO2/c1-14(2)21-13-16-10-8-15(9-11-16)12-19-18(20)17-6-4-3-5-7-17/h3-4,8-11,14,17H,5-7,12-13H2,1-2H3,(H,19,20). The molecule has 0 spiro atoms. The Balaban J connectivity index is 1.77. The molecule has 1 N–H and O–H groups in total. The summed E-state index contributed by atoms with van der Waals surface area (Å²) in [5, 5.41) is 3.03. The van der Waals surface area contributed by atoms with Crippen molar-refractivity contribution >= 4 is 5.91 Å². The molecule has 1 aliphatic rings. The van der Waals surface area contributed by atoms with E-state index in [0.717, 1.165) is 30.4 Å². The number of rotatable bonds is 6. The Morgan fingerprint density at radius 1 is 1.24 bits per heavy atom. The molecule has 1 aliphatic carbocycles. The van der Waals surface area contributed by atoms with Crippen LogP contribution in [-0.4, -0.2) is 12.0 Å². The molecule has 114 valence electrons. The summed E-state index contributed by atoms with van der Waals surface area (Å²) in [7, 11) is 0. The third kappa shape index (κ3) is 5.35. The van der Waals surface area contributed by atoms with Crippen LogP contribution in [0.4, 0.5) is 0 Å². The summed E-state index contributed by atoms with van der Waals surface area (Å²) in [6, 6.07) is 8.24. The van der Waals surface area contributed by atoms with Gasteiger partial charge in [-0.25, -0.2) is 0 Å². The van der Waals surface area contributed by atoms with Crippen molar-refractivity contribution in [3.63, 3.8) is 0 Å². The van der Waals surface area contributed by atoms with E-state index in [-0.39, 0.29) is 17.9 Å². The van der Waals surface area contributed by atoms with E-state index >= 15 is 0 Å². The summed E-state index contributed by atoms with van der Waals surface area (Å²) >= 11 is 0. The number of carbonyl (C=O) groups excluding carboxylic acids is 1. The third-order valence-corrected chi connectivity index (χ3v) is 3.71. The maximum Gasteiger partial charge on any atom is 0.223 e. The molecule has 3 heteroatoms. The first-order valence-corrected chi connectivity index (χ1v) is 7.77. The fourth-order valence-electron chi connectivity index (χ4n) is 2.38. The van der Waals surface area contributed by atoms with Gasteiger partial charge in [0.25, 0.3) is 0 Å². The van der Waals surface area contributed by atoms with Crippen LogP contribution in [0.5, 0.6) is 0 Å². The van der Waals surface area contributed by atoms with Gasteiger partial charge in [-0.15, -0.1) is 0 Å². The van der Waals surface area contributed by atoms with Crippen molar-refractivity contribution in [2.45, 2.75) is 52.4 Å². The highest BCUT2D eigenvalue weighted by molar-refractivity contribution is 5.78. The quantitative estimate of drug-likeness (QED) is 0.812. The van der Waals surface area contributed by atoms with Crippen LogP contribution in [0.15, 0.2) is 36.4 Å². The number of benzene rings is 1. The molecule has 3 nitrogen and oxygen atoms in total. The molecule has 0 saturated carbocycles. The molecule has 0 aliphatic heterocycles. The number of nitrogens with one attached hydrogen (secondary N) is 1. The van der Waals surface area contributed by atoms with Crippen LogP contribution in [0.2, 0.25) is 0 Å². The summed E-state index contributed by atoms with van der Waals surface area (Å²) in [5.74, 6) is 0.320. The minimum atomic E-state index is 0.147. The molecule has 1 amide bonds. The lowest BCUT2D eigenvalue weighted by atomic mass is 9.93. The van der Waals surface area contributed by atoms with Gasteiger partial charge in [0, 0.05) is 12.5 Å². The first-order valence-electron chi connectivity index (χ1n) is 7.77. The summed E-state index contributed by atoms with van der Waals surface area (Å²) < 4.78 is 5.57. The van der Waals surface area contributed by atoms with Crippen molar-refractivity contribution in [1.82, 2.24) is 5.32 Å². The smallest absolute Gasteiger partial charge is 0.223 e. The van der Waals surface area contributed by atoms with E-state index in [4.69, 9.17) is 4.74 Å². The molecule has 2 rings (SSSR count). The summed E-state index contributed by atoms with van der Waals surface area (Å²) in [6.45, 7) is 5.30. The van der Waals surface area contributed by atoms with E-state index in [1.165, 1.54) is 0 Å². The summed E-state index contributed by atoms with van der Waals surface area (Å²) in [4.78, 5) is 12.1. The van der Waals surface area contributed by atoms with Crippen molar-refractivity contribution in [1.29, 1.82) is 0 Å². The van der Waals surface area contributed by atoms with E-state index in [2.05, 4.69) is 41.7 Å². The zero-order valence-electron chi connectivity index (χ0n) is 13.0. The van der Waals surface area contributed by atoms with Gasteiger partial charge in [-0.2, -0.15) is 0 Å². The van der Waals surface area contributed by atoms with Crippen molar-refractivity contribution in [2.24, 2.45) is 5.92 Å². The molecule has 1 unspecified atom stereocenters. The Kier molecular flexibility index (Phi) is 6.00. The average Bonchev–Trinajstić information content (AvgIpc) is 2.52. The Bertz CT molecular complexity index is 476. The molecule has 0 bridgehead atoms. The monoisotopic (exact) mass is 287 g/mol. The summed E-state index contributed by atoms with van der Waals surface area (Å²) in [6.07, 6.45) is 7.36. The number of amides is 1. The fourth-order valence-corrected chi connectivity index (χ4v) is 2.38. The lowest BCUT2D eigenvalue weighted by Crippen LogP contribution is -2.30. The van der Waals surface area contributed by atoms with Crippen LogP contribution in [0, 0.1) is 5.92 Å². The number of hydrogen-bond acceptors (Lipinski definition) is 2. The van der Waals surface area contributed by atoms with Crippen molar-refractivity contribution in [3.05, 3.63) is 47.5 Å². The highest BCUT2D eigenvalue weighted by Crippen LogP contribution is 2.18. The average molecular weight is 287 g/mol. The second kappa shape index (κ2) is 7.99. The van der Waals surface area contributed by atoms with Crippen LogP contribution < -0.4 is 5.32 Å². The summed E-state index contributed by atoms with van der Waals surface area (Å²) in [5.41, 5.74) is 2.29. The van der Waals surface area contributed by atoms with Crippen LogP contribution in [0.3, 0.4) is 0 Å². The van der Waals surface area contributed by atoms with Gasteiger partial charge < -0.3 is 10.1 Å². The van der Waals surface area contributed by atoms with Gasteiger partial charge in [-0.1, -0.05) is 36.4 Å². The second-order valence-electron chi connectivity index (χ2n) is 5.88. The van der Waals surface area contributed by atoms with E-state index in [0.29, 0.717) is 13.2 Å². The van der Waals surface area contributed by atoms with Crippen molar-refractivity contribution < 1.29 is 9.53 Å². The normalized spacial score (nSPS) is 18.0. The highest BCUT2D eigenvalue weighted by Gasteiger charge is 2.17. The second-order valence-corrected chi connectivity index (χ2v) is 5.88. The fraction of sp³-hybridized carbons (Fsp3) is 0.500. The van der Waals surface area contributed by atoms with Crippen LogP contribution >= 0.6 is 0 Å². The van der Waals surface area contributed by atoms with Gasteiger partial charge in [-0.05, 0) is 44.2 Å². The molecular weight excluding hydrogens is 262 g/mol. The predicted octanol–water partition coefficient (Wildman–Crippen LogP) is 3.58. The zero-order chi connectivity index (χ0) is 15.1. The zero-order valence-corrected chi connectivity index (χ0v) is 13.0. The molecule has 0 heterocycles. The third-order valence-electron chi connectivity index (χ3n) is 3.71. The van der Waals surface area contributed by atoms with E-state index in [1.54, 1.807) is 0 Å². The Labute approximate surface area is 127 Å². The van der Waals surface area contributed by atoms with Crippen LogP contribution in [0.25, 0.3) is 0 Å². The number of carbonyl (C=O) groups is 1. The molecule has 1 atom stereocenters. The van der Waals surface area contributed by atoms with Crippen molar-refractivity contribution in [3.8, 4) is 0 Å². The molecule has 0 saturated heterocycles. The minimum absolute atomic E-state index is 0.147. The predicted molar refractivity (Wildman–Crippen MR) is 84.7 cm³/mol. The lowest BCUT2D eigenvalue weighted by molar-refractivity contribution is -0.125. The molecule has 0 aromatic heterocycles. The maximum atomic E-state index is 12.1. The van der Waals surface area contributed by atoms with Gasteiger partial charge in [0.2, 0.25) is 5.91 Å². The van der Waals surface area contributed by atoms with E-state index < -0.39 is 0 Å². The van der Waals surface area contributed by atoms with Gasteiger partial charge in [-0.3, -0.25) is 4.79 Å². The lowest BCUT2D eigenvalue weighted by Gasteiger charge is -2.17. The van der Waals surface area contributed by atoms with Gasteiger partial charge in [0.1, 0.15) is 0 Å². The van der Waals surface area contributed by atoms with Gasteiger partial charge >= 0.3 is 0 Å². The molecule has 0 fully saturated rings. The number of hydrogen-bond donors (Lipinski definition) is 1. The minimum Gasteiger partial charge on any atom is -0.374 e. The SMILES string of the molecule is CC(C)OCc1ccc(CNC(=O)C2CC=CCC2)cc1. The number of ether oxygens (including phenoxy) is 1. The Morgan fingerprint density at radius 2 is 1.95 bits per heavy atom. The first kappa shape index (κ1) is 15.8. The largest absolute Gasteiger partial charge is 0.374 e. The Hall–Kier alpha value is -1.61. The van der Waals surface area contributed by atoms with Crippen LogP contribution in [0.1, 0.15) is 44.2 Å². The highest BCUT2D eigenvalue weighted by atomic mass is 16.5. The first-order chi connectivity index (χ1) is 10.1. The van der Waals surface area contributed by atoms with Gasteiger partial charge in [0.05, 0.1) is 12.7 Å².